The van der Waals surface area contributed by atoms with Crippen molar-refractivity contribution < 1.29 is 9.52 Å². The Kier molecular flexibility index (Phi) is 4.18. The lowest BCUT2D eigenvalue weighted by Crippen LogP contribution is -2.19. The van der Waals surface area contributed by atoms with Gasteiger partial charge in [0.05, 0.1) is 4.47 Å². The highest BCUT2D eigenvalue weighted by Crippen LogP contribution is 2.39. The van der Waals surface area contributed by atoms with E-state index in [1.165, 1.54) is 19.3 Å². The predicted molar refractivity (Wildman–Crippen MR) is 84.6 cm³/mol. The van der Waals surface area contributed by atoms with Crippen LogP contribution in [0.5, 0.6) is 0 Å². The van der Waals surface area contributed by atoms with E-state index in [2.05, 4.69) is 22.9 Å². The maximum atomic E-state index is 10.6. The van der Waals surface area contributed by atoms with Gasteiger partial charge < -0.3 is 9.52 Å². The van der Waals surface area contributed by atoms with Crippen molar-refractivity contribution in [2.45, 2.75) is 45.1 Å². The number of para-hydroxylation sites is 1. The Labute approximate surface area is 128 Å². The molecule has 0 radical (unpaired) electrons. The molecule has 20 heavy (non-hydrogen) atoms. The standard InChI is InChI=1S/C17H21BrO2/c1-2-11-6-8-12(9-7-11)16(19)15-10-13-4-3-5-14(18)17(13)20-15/h3-5,10-12,16,19H,2,6-9H2,1H3. The van der Waals surface area contributed by atoms with Gasteiger partial charge in [0.1, 0.15) is 17.4 Å². The summed E-state index contributed by atoms with van der Waals surface area (Å²) in [6.07, 6.45) is 5.49. The Bertz CT molecular complexity index is 582. The van der Waals surface area contributed by atoms with Gasteiger partial charge in [-0.2, -0.15) is 0 Å². The summed E-state index contributed by atoms with van der Waals surface area (Å²) < 4.78 is 6.82. The molecule has 0 amide bonds. The van der Waals surface area contributed by atoms with Crippen molar-refractivity contribution in [3.8, 4) is 0 Å². The fraction of sp³-hybridized carbons (Fsp3) is 0.529. The van der Waals surface area contributed by atoms with E-state index in [1.807, 2.05) is 24.3 Å². The van der Waals surface area contributed by atoms with Crippen LogP contribution in [0.1, 0.15) is 50.9 Å². The molecule has 2 nitrogen and oxygen atoms in total. The van der Waals surface area contributed by atoms with Crippen LogP contribution in [-0.4, -0.2) is 5.11 Å². The zero-order chi connectivity index (χ0) is 14.1. The van der Waals surface area contributed by atoms with Crippen LogP contribution in [0, 0.1) is 11.8 Å². The largest absolute Gasteiger partial charge is 0.457 e. The average molecular weight is 337 g/mol. The smallest absolute Gasteiger partial charge is 0.148 e. The molecule has 3 rings (SSSR count). The second kappa shape index (κ2) is 5.90. The molecule has 2 aromatic rings. The van der Waals surface area contributed by atoms with Gasteiger partial charge >= 0.3 is 0 Å². The maximum Gasteiger partial charge on any atom is 0.148 e. The van der Waals surface area contributed by atoms with E-state index >= 15 is 0 Å². The van der Waals surface area contributed by atoms with E-state index in [-0.39, 0.29) is 0 Å². The van der Waals surface area contributed by atoms with Gasteiger partial charge in [0.15, 0.2) is 0 Å². The van der Waals surface area contributed by atoms with Crippen LogP contribution in [0.4, 0.5) is 0 Å². The van der Waals surface area contributed by atoms with Gasteiger partial charge in [-0.15, -0.1) is 0 Å². The zero-order valence-corrected chi connectivity index (χ0v) is 13.4. The van der Waals surface area contributed by atoms with Crippen LogP contribution in [0.25, 0.3) is 11.0 Å². The Morgan fingerprint density at radius 2 is 2.05 bits per heavy atom. The lowest BCUT2D eigenvalue weighted by atomic mass is 9.78. The molecule has 0 aliphatic heterocycles. The van der Waals surface area contributed by atoms with Crippen LogP contribution >= 0.6 is 15.9 Å². The molecule has 1 aromatic heterocycles. The maximum absolute atomic E-state index is 10.6. The highest BCUT2D eigenvalue weighted by molar-refractivity contribution is 9.10. The minimum absolute atomic E-state index is 0.345. The summed E-state index contributed by atoms with van der Waals surface area (Å²) >= 11 is 3.50. The third-order valence-corrected chi connectivity index (χ3v) is 5.35. The van der Waals surface area contributed by atoms with E-state index in [0.29, 0.717) is 11.7 Å². The molecule has 1 aliphatic rings. The summed E-state index contributed by atoms with van der Waals surface area (Å²) in [5.41, 5.74) is 0.837. The third-order valence-electron chi connectivity index (χ3n) is 4.72. The summed E-state index contributed by atoms with van der Waals surface area (Å²) in [4.78, 5) is 0. The van der Waals surface area contributed by atoms with E-state index in [1.54, 1.807) is 0 Å². The first-order valence-corrected chi connectivity index (χ1v) is 8.34. The molecule has 1 heterocycles. The number of rotatable bonds is 3. The van der Waals surface area contributed by atoms with Gasteiger partial charge in [-0.25, -0.2) is 0 Å². The summed E-state index contributed by atoms with van der Waals surface area (Å²) in [5, 5.41) is 11.6. The molecule has 1 aliphatic carbocycles. The molecule has 1 atom stereocenters. The van der Waals surface area contributed by atoms with Crippen molar-refractivity contribution in [2.75, 3.05) is 0 Å². The molecule has 1 unspecified atom stereocenters. The molecule has 1 fully saturated rings. The molecular weight excluding hydrogens is 316 g/mol. The molecule has 108 valence electrons. The summed E-state index contributed by atoms with van der Waals surface area (Å²) in [6, 6.07) is 7.96. The van der Waals surface area contributed by atoms with Crippen LogP contribution in [-0.2, 0) is 0 Å². The van der Waals surface area contributed by atoms with Crippen molar-refractivity contribution >= 4 is 26.9 Å². The number of furan rings is 1. The molecule has 3 heteroatoms. The third kappa shape index (κ3) is 2.66. The van der Waals surface area contributed by atoms with Crippen LogP contribution in [0.2, 0.25) is 0 Å². The minimum Gasteiger partial charge on any atom is -0.457 e. The van der Waals surface area contributed by atoms with Gasteiger partial charge in [0.25, 0.3) is 0 Å². The van der Waals surface area contributed by atoms with E-state index in [0.717, 1.165) is 34.2 Å². The van der Waals surface area contributed by atoms with E-state index < -0.39 is 6.10 Å². The predicted octanol–water partition coefficient (Wildman–Crippen LogP) is 5.45. The molecule has 1 aromatic carbocycles. The van der Waals surface area contributed by atoms with Gasteiger partial charge in [0.2, 0.25) is 0 Å². The Morgan fingerprint density at radius 3 is 2.70 bits per heavy atom. The van der Waals surface area contributed by atoms with Crippen molar-refractivity contribution in [1.82, 2.24) is 0 Å². The lowest BCUT2D eigenvalue weighted by molar-refractivity contribution is 0.0566. The lowest BCUT2D eigenvalue weighted by Gasteiger charge is -2.30. The molecule has 0 bridgehead atoms. The van der Waals surface area contributed by atoms with Crippen molar-refractivity contribution in [2.24, 2.45) is 11.8 Å². The number of halogens is 1. The van der Waals surface area contributed by atoms with Crippen molar-refractivity contribution in [3.63, 3.8) is 0 Å². The first-order chi connectivity index (χ1) is 9.69. The van der Waals surface area contributed by atoms with Crippen molar-refractivity contribution in [1.29, 1.82) is 0 Å². The zero-order valence-electron chi connectivity index (χ0n) is 11.8. The Morgan fingerprint density at radius 1 is 1.30 bits per heavy atom. The van der Waals surface area contributed by atoms with Crippen LogP contribution < -0.4 is 0 Å². The Hall–Kier alpha value is -0.800. The van der Waals surface area contributed by atoms with Gasteiger partial charge in [-0.05, 0) is 52.7 Å². The number of hydrogen-bond acceptors (Lipinski definition) is 2. The SMILES string of the molecule is CCC1CCC(C(O)c2cc3cccc(Br)c3o2)CC1. The van der Waals surface area contributed by atoms with Gasteiger partial charge in [-0.3, -0.25) is 0 Å². The topological polar surface area (TPSA) is 33.4 Å². The highest BCUT2D eigenvalue weighted by Gasteiger charge is 2.28. The Balaban J connectivity index is 1.79. The highest BCUT2D eigenvalue weighted by atomic mass is 79.9. The first-order valence-electron chi connectivity index (χ1n) is 7.55. The molecular formula is C17H21BrO2. The number of hydrogen-bond donors (Lipinski definition) is 1. The quantitative estimate of drug-likeness (QED) is 0.808. The van der Waals surface area contributed by atoms with E-state index in [4.69, 9.17) is 4.42 Å². The first kappa shape index (κ1) is 14.2. The monoisotopic (exact) mass is 336 g/mol. The summed E-state index contributed by atoms with van der Waals surface area (Å²) in [5.74, 6) is 1.91. The molecule has 0 saturated heterocycles. The van der Waals surface area contributed by atoms with Gasteiger partial charge in [0, 0.05) is 5.39 Å². The minimum atomic E-state index is -0.466. The fourth-order valence-electron chi connectivity index (χ4n) is 3.34. The molecule has 1 N–H and O–H groups in total. The van der Waals surface area contributed by atoms with Crippen molar-refractivity contribution in [3.05, 3.63) is 34.5 Å². The summed E-state index contributed by atoms with van der Waals surface area (Å²) in [7, 11) is 0. The number of aliphatic hydroxyl groups excluding tert-OH is 1. The number of fused-ring (bicyclic) bond motifs is 1. The normalized spacial score (nSPS) is 24.9. The number of benzene rings is 1. The summed E-state index contributed by atoms with van der Waals surface area (Å²) in [6.45, 7) is 2.26. The van der Waals surface area contributed by atoms with Gasteiger partial charge in [-0.1, -0.05) is 38.3 Å². The number of aliphatic hydroxyl groups is 1. The van der Waals surface area contributed by atoms with Crippen LogP contribution in [0.3, 0.4) is 0 Å². The second-order valence-corrected chi connectivity index (χ2v) is 6.80. The fourth-order valence-corrected chi connectivity index (χ4v) is 3.80. The second-order valence-electron chi connectivity index (χ2n) is 5.94. The molecule has 0 spiro atoms. The van der Waals surface area contributed by atoms with Crippen LogP contribution in [0.15, 0.2) is 33.2 Å². The average Bonchev–Trinajstić information content (AvgIpc) is 2.92. The molecule has 1 saturated carbocycles. The van der Waals surface area contributed by atoms with E-state index in [9.17, 15) is 5.11 Å².